The van der Waals surface area contributed by atoms with Crippen molar-refractivity contribution in [3.63, 3.8) is 0 Å². The number of rotatable bonds is 6. The Bertz CT molecular complexity index is 400. The normalized spacial score (nSPS) is 10.8. The third-order valence-corrected chi connectivity index (χ3v) is 3.14. The molecule has 2 nitrogen and oxygen atoms in total. The zero-order valence-electron chi connectivity index (χ0n) is 10.8. The van der Waals surface area contributed by atoms with Gasteiger partial charge in [-0.25, -0.2) is 0 Å². The Morgan fingerprint density at radius 2 is 1.33 bits per heavy atom. The van der Waals surface area contributed by atoms with Crippen molar-refractivity contribution in [2.75, 3.05) is 13.6 Å². The third-order valence-electron chi connectivity index (χ3n) is 3.14. The minimum atomic E-state index is 0.452. The van der Waals surface area contributed by atoms with E-state index in [4.69, 9.17) is 0 Å². The smallest absolute Gasteiger partial charge is 0.0109 e. The minimum Gasteiger partial charge on any atom is -0.261 e. The molecule has 0 saturated heterocycles. The molecular weight excluding hydrogens is 220 g/mol. The van der Waals surface area contributed by atoms with Crippen LogP contribution in [0.2, 0.25) is 0 Å². The van der Waals surface area contributed by atoms with Gasteiger partial charge in [0.25, 0.3) is 0 Å². The van der Waals surface area contributed by atoms with Crippen molar-refractivity contribution in [2.24, 2.45) is 0 Å². The van der Waals surface area contributed by atoms with E-state index in [1.165, 1.54) is 11.1 Å². The van der Waals surface area contributed by atoms with Crippen molar-refractivity contribution in [1.29, 1.82) is 0 Å². The lowest BCUT2D eigenvalue weighted by Gasteiger charge is -2.18. The van der Waals surface area contributed by atoms with E-state index in [9.17, 15) is 0 Å². The summed E-state index contributed by atoms with van der Waals surface area (Å²) in [6, 6.07) is 21.4. The fourth-order valence-corrected chi connectivity index (χ4v) is 2.24. The van der Waals surface area contributed by atoms with Crippen LogP contribution in [0.1, 0.15) is 23.5 Å². The maximum atomic E-state index is 3.17. The van der Waals surface area contributed by atoms with Crippen LogP contribution in [-0.4, -0.2) is 13.6 Å². The summed E-state index contributed by atoms with van der Waals surface area (Å²) in [5.41, 5.74) is 8.90. The standard InChI is InChI=1S/C16H20N2/c1-17-18-13-12-16(14-8-4-2-5-9-14)15-10-6-3-7-11-15/h2-11,16-18H,12-13H2,1H3. The van der Waals surface area contributed by atoms with Crippen LogP contribution in [-0.2, 0) is 0 Å². The van der Waals surface area contributed by atoms with Crippen molar-refractivity contribution in [2.45, 2.75) is 12.3 Å². The first-order valence-corrected chi connectivity index (χ1v) is 6.41. The van der Waals surface area contributed by atoms with E-state index in [0.29, 0.717) is 5.92 Å². The summed E-state index contributed by atoms with van der Waals surface area (Å²) >= 11 is 0. The van der Waals surface area contributed by atoms with Crippen LogP contribution in [0, 0.1) is 0 Å². The molecule has 0 amide bonds. The van der Waals surface area contributed by atoms with Crippen LogP contribution in [0.15, 0.2) is 60.7 Å². The van der Waals surface area contributed by atoms with E-state index >= 15 is 0 Å². The Hall–Kier alpha value is -1.64. The average molecular weight is 240 g/mol. The highest BCUT2D eigenvalue weighted by Gasteiger charge is 2.12. The van der Waals surface area contributed by atoms with E-state index in [-0.39, 0.29) is 0 Å². The van der Waals surface area contributed by atoms with Crippen LogP contribution in [0.3, 0.4) is 0 Å². The van der Waals surface area contributed by atoms with Gasteiger partial charge >= 0.3 is 0 Å². The van der Waals surface area contributed by atoms with Crippen molar-refractivity contribution in [3.8, 4) is 0 Å². The monoisotopic (exact) mass is 240 g/mol. The highest BCUT2D eigenvalue weighted by Crippen LogP contribution is 2.27. The zero-order chi connectivity index (χ0) is 12.6. The molecule has 0 spiro atoms. The van der Waals surface area contributed by atoms with E-state index in [0.717, 1.165) is 13.0 Å². The minimum absolute atomic E-state index is 0.452. The summed E-state index contributed by atoms with van der Waals surface area (Å²) in [6.07, 6.45) is 1.08. The molecular formula is C16H20N2. The maximum absolute atomic E-state index is 3.17. The molecule has 0 unspecified atom stereocenters. The highest BCUT2D eigenvalue weighted by atomic mass is 15.3. The first-order valence-electron chi connectivity index (χ1n) is 6.41. The largest absolute Gasteiger partial charge is 0.261 e. The quantitative estimate of drug-likeness (QED) is 0.599. The Kier molecular flexibility index (Phi) is 4.94. The van der Waals surface area contributed by atoms with Crippen LogP contribution in [0.25, 0.3) is 0 Å². The van der Waals surface area contributed by atoms with Gasteiger partial charge in [-0.05, 0) is 24.6 Å². The van der Waals surface area contributed by atoms with Crippen LogP contribution >= 0.6 is 0 Å². The van der Waals surface area contributed by atoms with Crippen molar-refractivity contribution in [3.05, 3.63) is 71.8 Å². The molecule has 0 aromatic heterocycles. The van der Waals surface area contributed by atoms with Gasteiger partial charge in [-0.15, -0.1) is 0 Å². The fraction of sp³-hybridized carbons (Fsp3) is 0.250. The topological polar surface area (TPSA) is 24.1 Å². The second-order valence-electron chi connectivity index (χ2n) is 4.34. The van der Waals surface area contributed by atoms with Crippen molar-refractivity contribution in [1.82, 2.24) is 10.9 Å². The molecule has 0 radical (unpaired) electrons. The number of hydrazine groups is 1. The maximum Gasteiger partial charge on any atom is 0.0109 e. The summed E-state index contributed by atoms with van der Waals surface area (Å²) in [5.74, 6) is 0.452. The van der Waals surface area contributed by atoms with Crippen LogP contribution < -0.4 is 10.9 Å². The Labute approximate surface area is 109 Å². The molecule has 0 atom stereocenters. The first-order chi connectivity index (χ1) is 8.92. The molecule has 18 heavy (non-hydrogen) atoms. The summed E-state index contributed by atoms with van der Waals surface area (Å²) in [6.45, 7) is 0.949. The second kappa shape index (κ2) is 6.94. The summed E-state index contributed by atoms with van der Waals surface area (Å²) in [7, 11) is 1.90. The van der Waals surface area contributed by atoms with Gasteiger partial charge in [-0.2, -0.15) is 0 Å². The lowest BCUT2D eigenvalue weighted by Crippen LogP contribution is -2.29. The molecule has 0 aliphatic rings. The lowest BCUT2D eigenvalue weighted by molar-refractivity contribution is 0.553. The fourth-order valence-electron chi connectivity index (χ4n) is 2.24. The number of hydrogen-bond acceptors (Lipinski definition) is 2. The molecule has 0 heterocycles. The van der Waals surface area contributed by atoms with Gasteiger partial charge in [0.05, 0.1) is 0 Å². The predicted octanol–water partition coefficient (Wildman–Crippen LogP) is 2.93. The van der Waals surface area contributed by atoms with Gasteiger partial charge in [0.1, 0.15) is 0 Å². The molecule has 0 fully saturated rings. The number of benzene rings is 2. The van der Waals surface area contributed by atoms with Crippen molar-refractivity contribution < 1.29 is 0 Å². The summed E-state index contributed by atoms with van der Waals surface area (Å²) in [4.78, 5) is 0. The number of hydrogen-bond donors (Lipinski definition) is 2. The third kappa shape index (κ3) is 3.42. The van der Waals surface area contributed by atoms with Gasteiger partial charge in [-0.3, -0.25) is 10.9 Å². The lowest BCUT2D eigenvalue weighted by atomic mass is 9.89. The first kappa shape index (κ1) is 12.8. The molecule has 0 aliphatic carbocycles. The molecule has 0 saturated carbocycles. The van der Waals surface area contributed by atoms with Gasteiger partial charge in [0.2, 0.25) is 0 Å². The number of nitrogens with one attached hydrogen (secondary N) is 2. The van der Waals surface area contributed by atoms with E-state index in [2.05, 4.69) is 71.5 Å². The molecule has 2 aromatic rings. The Morgan fingerprint density at radius 3 is 1.78 bits per heavy atom. The van der Waals surface area contributed by atoms with Gasteiger partial charge in [0.15, 0.2) is 0 Å². The summed E-state index contributed by atoms with van der Waals surface area (Å²) in [5, 5.41) is 0. The Balaban J connectivity index is 2.18. The average Bonchev–Trinajstić information content (AvgIpc) is 2.46. The van der Waals surface area contributed by atoms with Gasteiger partial charge < -0.3 is 0 Å². The van der Waals surface area contributed by atoms with Crippen molar-refractivity contribution >= 4 is 0 Å². The highest BCUT2D eigenvalue weighted by molar-refractivity contribution is 5.32. The zero-order valence-corrected chi connectivity index (χ0v) is 10.8. The Morgan fingerprint density at radius 1 is 0.833 bits per heavy atom. The molecule has 2 rings (SSSR count). The molecule has 0 bridgehead atoms. The van der Waals surface area contributed by atoms with Gasteiger partial charge in [0, 0.05) is 12.5 Å². The van der Waals surface area contributed by atoms with E-state index in [1.807, 2.05) is 7.05 Å². The van der Waals surface area contributed by atoms with Gasteiger partial charge in [-0.1, -0.05) is 60.7 Å². The molecule has 2 aromatic carbocycles. The second-order valence-corrected chi connectivity index (χ2v) is 4.34. The molecule has 2 N–H and O–H groups in total. The SMILES string of the molecule is CNNCCC(c1ccccc1)c1ccccc1. The van der Waals surface area contributed by atoms with E-state index in [1.54, 1.807) is 0 Å². The van der Waals surface area contributed by atoms with Crippen LogP contribution in [0.5, 0.6) is 0 Å². The molecule has 2 heteroatoms. The van der Waals surface area contributed by atoms with E-state index < -0.39 is 0 Å². The molecule has 0 aliphatic heterocycles. The predicted molar refractivity (Wildman–Crippen MR) is 76.4 cm³/mol. The van der Waals surface area contributed by atoms with Crippen LogP contribution in [0.4, 0.5) is 0 Å². The summed E-state index contributed by atoms with van der Waals surface area (Å²) < 4.78 is 0. The molecule has 94 valence electrons.